The zero-order chi connectivity index (χ0) is 12.4. The normalized spacial score (nSPS) is 29.3. The van der Waals surface area contributed by atoms with E-state index in [1.807, 2.05) is 18.2 Å². The first-order valence-corrected chi connectivity index (χ1v) is 6.69. The quantitative estimate of drug-likeness (QED) is 0.868. The standard InChI is InChI=1S/C13H17Cl2NO/c1-8-2-4-10(13(7-17)16-8)9-3-5-11(14)12(15)6-9/h3,5-6,8,10,13,16-17H,2,4,7H2,1H3. The second-order valence-electron chi connectivity index (χ2n) is 4.71. The minimum absolute atomic E-state index is 0.107. The van der Waals surface area contributed by atoms with E-state index in [0.29, 0.717) is 22.0 Å². The van der Waals surface area contributed by atoms with Crippen molar-refractivity contribution in [3.8, 4) is 0 Å². The van der Waals surface area contributed by atoms with E-state index < -0.39 is 0 Å². The Hall–Kier alpha value is -0.280. The van der Waals surface area contributed by atoms with Crippen molar-refractivity contribution in [2.75, 3.05) is 6.61 Å². The van der Waals surface area contributed by atoms with Gasteiger partial charge in [0.2, 0.25) is 0 Å². The van der Waals surface area contributed by atoms with Gasteiger partial charge in [0.25, 0.3) is 0 Å². The maximum Gasteiger partial charge on any atom is 0.0595 e. The van der Waals surface area contributed by atoms with E-state index in [1.54, 1.807) is 0 Å². The van der Waals surface area contributed by atoms with Gasteiger partial charge in [-0.2, -0.15) is 0 Å². The van der Waals surface area contributed by atoms with Gasteiger partial charge in [-0.25, -0.2) is 0 Å². The Bertz CT molecular complexity index is 397. The molecule has 0 aromatic heterocycles. The third-order valence-corrected chi connectivity index (χ3v) is 4.20. The molecule has 1 aliphatic rings. The second kappa shape index (κ2) is 5.57. The van der Waals surface area contributed by atoms with Crippen LogP contribution in [0.2, 0.25) is 10.0 Å². The third-order valence-electron chi connectivity index (χ3n) is 3.46. The predicted molar refractivity (Wildman–Crippen MR) is 71.9 cm³/mol. The molecule has 0 radical (unpaired) electrons. The van der Waals surface area contributed by atoms with Gasteiger partial charge in [0.1, 0.15) is 0 Å². The van der Waals surface area contributed by atoms with Crippen LogP contribution in [0, 0.1) is 0 Å². The van der Waals surface area contributed by atoms with Gasteiger partial charge in [0.15, 0.2) is 0 Å². The molecule has 3 unspecified atom stereocenters. The van der Waals surface area contributed by atoms with Crippen LogP contribution in [0.1, 0.15) is 31.2 Å². The lowest BCUT2D eigenvalue weighted by atomic mass is 9.83. The summed E-state index contributed by atoms with van der Waals surface area (Å²) in [4.78, 5) is 0. The summed E-state index contributed by atoms with van der Waals surface area (Å²) in [6.45, 7) is 2.29. The molecule has 0 spiro atoms. The monoisotopic (exact) mass is 273 g/mol. The van der Waals surface area contributed by atoms with Gasteiger partial charge in [-0.15, -0.1) is 0 Å². The van der Waals surface area contributed by atoms with Crippen LogP contribution in [0.15, 0.2) is 18.2 Å². The number of aliphatic hydroxyl groups is 1. The summed E-state index contributed by atoms with van der Waals surface area (Å²) in [5, 5.41) is 14.0. The first kappa shape index (κ1) is 13.2. The van der Waals surface area contributed by atoms with Crippen molar-refractivity contribution in [3.05, 3.63) is 33.8 Å². The maximum atomic E-state index is 9.44. The molecule has 1 saturated heterocycles. The van der Waals surface area contributed by atoms with Gasteiger partial charge in [0, 0.05) is 18.0 Å². The fourth-order valence-electron chi connectivity index (χ4n) is 2.52. The summed E-state index contributed by atoms with van der Waals surface area (Å²) in [5.41, 5.74) is 1.15. The molecular formula is C13H17Cl2NO. The van der Waals surface area contributed by atoms with Crippen LogP contribution < -0.4 is 5.32 Å². The van der Waals surface area contributed by atoms with E-state index in [-0.39, 0.29) is 12.6 Å². The highest BCUT2D eigenvalue weighted by Crippen LogP contribution is 2.33. The Morgan fingerprint density at radius 1 is 1.29 bits per heavy atom. The Kier molecular flexibility index (Phi) is 4.31. The fraction of sp³-hybridized carbons (Fsp3) is 0.538. The van der Waals surface area contributed by atoms with Crippen LogP contribution in [0.4, 0.5) is 0 Å². The Morgan fingerprint density at radius 2 is 2.06 bits per heavy atom. The minimum atomic E-state index is 0.107. The average Bonchev–Trinajstić information content (AvgIpc) is 2.32. The summed E-state index contributed by atoms with van der Waals surface area (Å²) >= 11 is 12.0. The molecule has 0 amide bonds. The number of hydrogen-bond acceptors (Lipinski definition) is 2. The van der Waals surface area contributed by atoms with Crippen molar-refractivity contribution < 1.29 is 5.11 Å². The van der Waals surface area contributed by atoms with Crippen LogP contribution in [-0.2, 0) is 0 Å². The summed E-state index contributed by atoms with van der Waals surface area (Å²) in [6.07, 6.45) is 2.18. The molecule has 17 heavy (non-hydrogen) atoms. The number of nitrogens with one attached hydrogen (secondary N) is 1. The van der Waals surface area contributed by atoms with Gasteiger partial charge >= 0.3 is 0 Å². The highest BCUT2D eigenvalue weighted by molar-refractivity contribution is 6.42. The van der Waals surface area contributed by atoms with E-state index in [2.05, 4.69) is 12.2 Å². The van der Waals surface area contributed by atoms with E-state index in [4.69, 9.17) is 23.2 Å². The second-order valence-corrected chi connectivity index (χ2v) is 5.53. The van der Waals surface area contributed by atoms with Crippen LogP contribution in [0.25, 0.3) is 0 Å². The number of halogens is 2. The molecule has 3 atom stereocenters. The van der Waals surface area contributed by atoms with Crippen LogP contribution in [0.3, 0.4) is 0 Å². The van der Waals surface area contributed by atoms with Crippen LogP contribution in [0.5, 0.6) is 0 Å². The van der Waals surface area contributed by atoms with Crippen molar-refractivity contribution in [1.82, 2.24) is 5.32 Å². The largest absolute Gasteiger partial charge is 0.395 e. The molecule has 0 aliphatic carbocycles. The molecule has 1 fully saturated rings. The zero-order valence-corrected chi connectivity index (χ0v) is 11.3. The number of aliphatic hydroxyl groups excluding tert-OH is 1. The topological polar surface area (TPSA) is 32.3 Å². The molecular weight excluding hydrogens is 257 g/mol. The highest BCUT2D eigenvalue weighted by Gasteiger charge is 2.28. The van der Waals surface area contributed by atoms with Crippen LogP contribution >= 0.6 is 23.2 Å². The van der Waals surface area contributed by atoms with Gasteiger partial charge in [-0.1, -0.05) is 29.3 Å². The van der Waals surface area contributed by atoms with Crippen molar-refractivity contribution in [2.24, 2.45) is 0 Å². The van der Waals surface area contributed by atoms with Crippen LogP contribution in [-0.4, -0.2) is 23.8 Å². The summed E-state index contributed by atoms with van der Waals surface area (Å²) in [7, 11) is 0. The fourth-order valence-corrected chi connectivity index (χ4v) is 2.82. The SMILES string of the molecule is CC1CCC(c2ccc(Cl)c(Cl)c2)C(CO)N1. The molecule has 1 heterocycles. The van der Waals surface area contributed by atoms with Crippen molar-refractivity contribution in [3.63, 3.8) is 0 Å². The number of rotatable bonds is 2. The Morgan fingerprint density at radius 3 is 2.71 bits per heavy atom. The molecule has 1 aliphatic heterocycles. The molecule has 1 aromatic carbocycles. The van der Waals surface area contributed by atoms with E-state index >= 15 is 0 Å². The summed E-state index contributed by atoms with van der Waals surface area (Å²) in [5.74, 6) is 0.311. The minimum Gasteiger partial charge on any atom is -0.395 e. The molecule has 2 N–H and O–H groups in total. The number of benzene rings is 1. The van der Waals surface area contributed by atoms with Gasteiger partial charge in [-0.05, 0) is 37.5 Å². The van der Waals surface area contributed by atoms with Gasteiger partial charge in [0.05, 0.1) is 16.7 Å². The molecule has 1 aromatic rings. The van der Waals surface area contributed by atoms with Crippen molar-refractivity contribution >= 4 is 23.2 Å². The highest BCUT2D eigenvalue weighted by atomic mass is 35.5. The van der Waals surface area contributed by atoms with E-state index in [1.165, 1.54) is 0 Å². The maximum absolute atomic E-state index is 9.44. The lowest BCUT2D eigenvalue weighted by molar-refractivity contribution is 0.183. The lowest BCUT2D eigenvalue weighted by Crippen LogP contribution is -2.47. The Balaban J connectivity index is 2.22. The number of hydrogen-bond donors (Lipinski definition) is 2. The lowest BCUT2D eigenvalue weighted by Gasteiger charge is -2.35. The smallest absolute Gasteiger partial charge is 0.0595 e. The predicted octanol–water partition coefficient (Wildman–Crippen LogP) is 3.21. The molecule has 2 nitrogen and oxygen atoms in total. The van der Waals surface area contributed by atoms with E-state index in [0.717, 1.165) is 18.4 Å². The van der Waals surface area contributed by atoms with Crippen molar-refractivity contribution in [1.29, 1.82) is 0 Å². The summed E-state index contributed by atoms with van der Waals surface area (Å²) < 4.78 is 0. The first-order valence-electron chi connectivity index (χ1n) is 5.93. The number of piperidine rings is 1. The average molecular weight is 274 g/mol. The van der Waals surface area contributed by atoms with E-state index in [9.17, 15) is 5.11 Å². The van der Waals surface area contributed by atoms with Gasteiger partial charge < -0.3 is 10.4 Å². The molecule has 94 valence electrons. The molecule has 0 bridgehead atoms. The van der Waals surface area contributed by atoms with Gasteiger partial charge in [-0.3, -0.25) is 0 Å². The van der Waals surface area contributed by atoms with Crippen molar-refractivity contribution in [2.45, 2.75) is 37.8 Å². The summed E-state index contributed by atoms with van der Waals surface area (Å²) in [6, 6.07) is 6.31. The molecule has 0 saturated carbocycles. The zero-order valence-electron chi connectivity index (χ0n) is 9.79. The Labute approximate surface area is 112 Å². The first-order chi connectivity index (χ1) is 8.11. The molecule has 4 heteroatoms. The molecule has 2 rings (SSSR count). The third kappa shape index (κ3) is 2.94.